The summed E-state index contributed by atoms with van der Waals surface area (Å²) in [6.07, 6.45) is 3.16. The first-order valence-corrected chi connectivity index (χ1v) is 4.64. The second kappa shape index (κ2) is 5.17. The first-order valence-electron chi connectivity index (χ1n) is 4.64. The summed E-state index contributed by atoms with van der Waals surface area (Å²) in [7, 11) is 0. The first-order chi connectivity index (χ1) is 6.34. The van der Waals surface area contributed by atoms with E-state index in [1.165, 1.54) is 5.56 Å². The van der Waals surface area contributed by atoms with Crippen molar-refractivity contribution in [3.63, 3.8) is 0 Å². The zero-order valence-electron chi connectivity index (χ0n) is 8.19. The third-order valence-electron chi connectivity index (χ3n) is 2.19. The Balaban J connectivity index is 0.000000980. The highest BCUT2D eigenvalue weighted by atomic mass is 35.5. The molecule has 0 aliphatic carbocycles. The van der Waals surface area contributed by atoms with Gasteiger partial charge in [0.15, 0.2) is 0 Å². The molecule has 78 valence electrons. The van der Waals surface area contributed by atoms with Crippen LogP contribution in [0.3, 0.4) is 0 Å². The Labute approximate surface area is 90.3 Å². The monoisotopic (exact) mass is 214 g/mol. The molecule has 1 fully saturated rings. The lowest BCUT2D eigenvalue weighted by molar-refractivity contribution is 0.214. The molecule has 0 bridgehead atoms. The van der Waals surface area contributed by atoms with Gasteiger partial charge in [-0.1, -0.05) is 0 Å². The Morgan fingerprint density at radius 1 is 1.57 bits per heavy atom. The smallest absolute Gasteiger partial charge is 0.213 e. The van der Waals surface area contributed by atoms with Crippen LogP contribution in [0.1, 0.15) is 12.0 Å². The Morgan fingerprint density at radius 3 is 3.07 bits per heavy atom. The van der Waals surface area contributed by atoms with E-state index in [4.69, 9.17) is 4.74 Å². The second-order valence-corrected chi connectivity index (χ2v) is 3.40. The second-order valence-electron chi connectivity index (χ2n) is 3.40. The van der Waals surface area contributed by atoms with Crippen LogP contribution in [0.2, 0.25) is 0 Å². The average Bonchev–Trinajstić information content (AvgIpc) is 2.57. The number of aryl methyl sites for hydroxylation is 1. The summed E-state index contributed by atoms with van der Waals surface area (Å²) in [6, 6.07) is 3.94. The van der Waals surface area contributed by atoms with Gasteiger partial charge in [-0.05, 0) is 31.5 Å². The SMILES string of the molecule is Cc1ccnc(O[C@H]2CCNC2)c1.Cl. The topological polar surface area (TPSA) is 34.1 Å². The van der Waals surface area contributed by atoms with Gasteiger partial charge in [0.1, 0.15) is 6.10 Å². The number of nitrogens with one attached hydrogen (secondary N) is 1. The summed E-state index contributed by atoms with van der Waals surface area (Å²) < 4.78 is 5.68. The van der Waals surface area contributed by atoms with Crippen molar-refractivity contribution in [2.24, 2.45) is 0 Å². The molecule has 3 nitrogen and oxygen atoms in total. The standard InChI is InChI=1S/C10H14N2O.ClH/c1-8-2-5-12-10(6-8)13-9-3-4-11-7-9;/h2,5-6,9,11H,3-4,7H2,1H3;1H/t9-;/m0./s1. The van der Waals surface area contributed by atoms with Gasteiger partial charge in [0.05, 0.1) is 0 Å². The molecule has 14 heavy (non-hydrogen) atoms. The molecule has 0 spiro atoms. The molecule has 1 aromatic rings. The van der Waals surface area contributed by atoms with Crippen LogP contribution >= 0.6 is 12.4 Å². The molecule has 0 unspecified atom stereocenters. The van der Waals surface area contributed by atoms with Gasteiger partial charge in [-0.25, -0.2) is 4.98 Å². The van der Waals surface area contributed by atoms with E-state index in [2.05, 4.69) is 10.3 Å². The Bertz CT molecular complexity index is 287. The molecule has 1 atom stereocenters. The number of aromatic nitrogens is 1. The van der Waals surface area contributed by atoms with E-state index in [-0.39, 0.29) is 12.4 Å². The molecule has 0 radical (unpaired) electrons. The molecule has 1 aliphatic rings. The normalized spacial score (nSPS) is 20.2. The van der Waals surface area contributed by atoms with Crippen molar-refractivity contribution in [3.05, 3.63) is 23.9 Å². The molecular formula is C10H15ClN2O. The summed E-state index contributed by atoms with van der Waals surface area (Å²) in [4.78, 5) is 4.15. The number of ether oxygens (including phenoxy) is 1. The van der Waals surface area contributed by atoms with Crippen molar-refractivity contribution in [1.29, 1.82) is 0 Å². The molecule has 1 aromatic heterocycles. The van der Waals surface area contributed by atoms with Gasteiger partial charge >= 0.3 is 0 Å². The van der Waals surface area contributed by atoms with Gasteiger partial charge in [-0.2, -0.15) is 0 Å². The minimum Gasteiger partial charge on any atom is -0.473 e. The van der Waals surface area contributed by atoms with Gasteiger partial charge in [0, 0.05) is 18.8 Å². The summed E-state index contributed by atoms with van der Waals surface area (Å²) in [5.74, 6) is 0.744. The minimum absolute atomic E-state index is 0. The average molecular weight is 215 g/mol. The van der Waals surface area contributed by atoms with Gasteiger partial charge in [-0.15, -0.1) is 12.4 Å². The molecule has 2 rings (SSSR count). The third-order valence-corrected chi connectivity index (χ3v) is 2.19. The lowest BCUT2D eigenvalue weighted by Crippen LogP contribution is -2.20. The van der Waals surface area contributed by atoms with Crippen molar-refractivity contribution in [3.8, 4) is 5.88 Å². The fraction of sp³-hybridized carbons (Fsp3) is 0.500. The number of rotatable bonds is 2. The zero-order valence-corrected chi connectivity index (χ0v) is 9.01. The van der Waals surface area contributed by atoms with Crippen LogP contribution in [0.4, 0.5) is 0 Å². The van der Waals surface area contributed by atoms with Crippen LogP contribution in [0, 0.1) is 6.92 Å². The maximum Gasteiger partial charge on any atom is 0.213 e. The zero-order chi connectivity index (χ0) is 9.10. The van der Waals surface area contributed by atoms with Gasteiger partial charge in [-0.3, -0.25) is 0 Å². The van der Waals surface area contributed by atoms with E-state index in [1.54, 1.807) is 6.20 Å². The lowest BCUT2D eigenvalue weighted by Gasteiger charge is -2.11. The summed E-state index contributed by atoms with van der Waals surface area (Å²) in [5.41, 5.74) is 1.19. The molecule has 0 amide bonds. The van der Waals surface area contributed by atoms with E-state index in [9.17, 15) is 0 Å². The minimum atomic E-state index is 0. The highest BCUT2D eigenvalue weighted by Crippen LogP contribution is 2.12. The van der Waals surface area contributed by atoms with Crippen LogP contribution in [0.5, 0.6) is 5.88 Å². The lowest BCUT2D eigenvalue weighted by atomic mass is 10.3. The summed E-state index contributed by atoms with van der Waals surface area (Å²) in [6.45, 7) is 4.04. The summed E-state index contributed by atoms with van der Waals surface area (Å²) in [5, 5.41) is 3.25. The molecule has 1 aliphatic heterocycles. The molecule has 0 aromatic carbocycles. The quantitative estimate of drug-likeness (QED) is 0.811. The molecule has 4 heteroatoms. The van der Waals surface area contributed by atoms with E-state index in [1.807, 2.05) is 19.1 Å². The van der Waals surface area contributed by atoms with Crippen molar-refractivity contribution in [2.45, 2.75) is 19.4 Å². The number of halogens is 1. The van der Waals surface area contributed by atoms with Crippen LogP contribution in [-0.2, 0) is 0 Å². The summed E-state index contributed by atoms with van der Waals surface area (Å²) >= 11 is 0. The van der Waals surface area contributed by atoms with Crippen molar-refractivity contribution in [1.82, 2.24) is 10.3 Å². The molecule has 0 saturated carbocycles. The van der Waals surface area contributed by atoms with Gasteiger partial charge < -0.3 is 10.1 Å². The predicted molar refractivity (Wildman–Crippen MR) is 58.1 cm³/mol. The third kappa shape index (κ3) is 2.86. The largest absolute Gasteiger partial charge is 0.473 e. The van der Waals surface area contributed by atoms with E-state index < -0.39 is 0 Å². The fourth-order valence-electron chi connectivity index (χ4n) is 1.47. The maximum absolute atomic E-state index is 5.68. The maximum atomic E-state index is 5.68. The van der Waals surface area contributed by atoms with Crippen LogP contribution in [0.25, 0.3) is 0 Å². The van der Waals surface area contributed by atoms with E-state index >= 15 is 0 Å². The number of pyridine rings is 1. The Hall–Kier alpha value is -0.800. The first kappa shape index (κ1) is 11.3. The molecule has 2 heterocycles. The Kier molecular flexibility index (Phi) is 4.17. The highest BCUT2D eigenvalue weighted by molar-refractivity contribution is 5.85. The van der Waals surface area contributed by atoms with Crippen molar-refractivity contribution < 1.29 is 4.74 Å². The van der Waals surface area contributed by atoms with Gasteiger partial charge in [0.25, 0.3) is 0 Å². The Morgan fingerprint density at radius 2 is 2.43 bits per heavy atom. The van der Waals surface area contributed by atoms with Gasteiger partial charge in [0.2, 0.25) is 5.88 Å². The molecular weight excluding hydrogens is 200 g/mol. The molecule has 1 saturated heterocycles. The van der Waals surface area contributed by atoms with Crippen LogP contribution in [0.15, 0.2) is 18.3 Å². The number of nitrogens with zero attached hydrogens (tertiary/aromatic N) is 1. The predicted octanol–water partition coefficient (Wildman–Crippen LogP) is 1.55. The fourth-order valence-corrected chi connectivity index (χ4v) is 1.47. The number of hydrogen-bond acceptors (Lipinski definition) is 3. The van der Waals surface area contributed by atoms with Crippen molar-refractivity contribution in [2.75, 3.05) is 13.1 Å². The number of hydrogen-bond donors (Lipinski definition) is 1. The van der Waals surface area contributed by atoms with Crippen LogP contribution < -0.4 is 10.1 Å². The molecule has 1 N–H and O–H groups in total. The van der Waals surface area contributed by atoms with Crippen LogP contribution in [-0.4, -0.2) is 24.2 Å². The highest BCUT2D eigenvalue weighted by Gasteiger charge is 2.15. The van der Waals surface area contributed by atoms with Crippen molar-refractivity contribution >= 4 is 12.4 Å². The van der Waals surface area contributed by atoms with E-state index in [0.717, 1.165) is 25.4 Å². The van der Waals surface area contributed by atoms with E-state index in [0.29, 0.717) is 6.10 Å².